The second-order valence-corrected chi connectivity index (χ2v) is 8.38. The van der Waals surface area contributed by atoms with Crippen molar-refractivity contribution in [1.29, 1.82) is 0 Å². The average molecular weight is 461 g/mol. The molecule has 2 aromatic carbocycles. The minimum absolute atomic E-state index is 0.212. The topological polar surface area (TPSA) is 69.6 Å². The SMILES string of the molecule is CCOC(=O)Cc1ccc(C2(NC(=O)c3cc4c(Cl)c(Cl)ccc4n3C)COC2)cc1. The van der Waals surface area contributed by atoms with Crippen LogP contribution in [-0.4, -0.2) is 36.3 Å². The zero-order valence-corrected chi connectivity index (χ0v) is 18.7. The first-order valence-electron chi connectivity index (χ1n) is 9.93. The Labute approximate surface area is 190 Å². The Kier molecular flexibility index (Phi) is 5.97. The van der Waals surface area contributed by atoms with Crippen LogP contribution in [0.1, 0.15) is 28.5 Å². The van der Waals surface area contributed by atoms with Crippen molar-refractivity contribution in [2.75, 3.05) is 19.8 Å². The van der Waals surface area contributed by atoms with Crippen LogP contribution in [0.3, 0.4) is 0 Å². The second kappa shape index (κ2) is 8.54. The Morgan fingerprint density at radius 2 is 1.87 bits per heavy atom. The summed E-state index contributed by atoms with van der Waals surface area (Å²) in [5.74, 6) is -0.496. The number of nitrogens with zero attached hydrogens (tertiary/aromatic N) is 1. The Morgan fingerprint density at radius 3 is 2.48 bits per heavy atom. The fraction of sp³-hybridized carbons (Fsp3) is 0.304. The number of ether oxygens (including phenoxy) is 2. The minimum Gasteiger partial charge on any atom is -0.466 e. The van der Waals surface area contributed by atoms with Crippen molar-refractivity contribution < 1.29 is 19.1 Å². The maximum atomic E-state index is 13.2. The standard InChI is InChI=1S/C23H22Cl2N2O4/c1-3-31-20(28)10-14-4-6-15(7-5-14)23(12-30-13-23)26-22(29)19-11-16-18(27(19)2)9-8-17(24)21(16)25/h4-9,11H,3,10,12-13H2,1-2H3,(H,26,29). The molecule has 1 aliphatic heterocycles. The largest absolute Gasteiger partial charge is 0.466 e. The third-order valence-electron chi connectivity index (χ3n) is 5.56. The number of carbonyl (C=O) groups is 2. The van der Waals surface area contributed by atoms with E-state index in [0.717, 1.165) is 22.0 Å². The smallest absolute Gasteiger partial charge is 0.310 e. The highest BCUT2D eigenvalue weighted by Gasteiger charge is 2.42. The number of benzene rings is 2. The molecular weight excluding hydrogens is 439 g/mol. The van der Waals surface area contributed by atoms with E-state index in [4.69, 9.17) is 32.7 Å². The number of fused-ring (bicyclic) bond motifs is 1. The molecule has 31 heavy (non-hydrogen) atoms. The summed E-state index contributed by atoms with van der Waals surface area (Å²) in [5.41, 5.74) is 2.44. The molecule has 0 saturated carbocycles. The third kappa shape index (κ3) is 4.03. The highest BCUT2D eigenvalue weighted by Crippen LogP contribution is 2.34. The molecule has 162 valence electrons. The quantitative estimate of drug-likeness (QED) is 0.558. The predicted molar refractivity (Wildman–Crippen MR) is 120 cm³/mol. The Morgan fingerprint density at radius 1 is 1.16 bits per heavy atom. The van der Waals surface area contributed by atoms with E-state index in [9.17, 15) is 9.59 Å². The van der Waals surface area contributed by atoms with Gasteiger partial charge < -0.3 is 19.4 Å². The van der Waals surface area contributed by atoms with Crippen LogP contribution in [0.4, 0.5) is 0 Å². The van der Waals surface area contributed by atoms with Gasteiger partial charge in [-0.05, 0) is 36.2 Å². The number of rotatable bonds is 6. The van der Waals surface area contributed by atoms with Crippen molar-refractivity contribution in [1.82, 2.24) is 9.88 Å². The van der Waals surface area contributed by atoms with Crippen LogP contribution < -0.4 is 5.32 Å². The van der Waals surface area contributed by atoms with Crippen LogP contribution in [-0.2, 0) is 33.3 Å². The molecule has 1 aliphatic rings. The zero-order valence-electron chi connectivity index (χ0n) is 17.2. The number of amides is 1. The van der Waals surface area contributed by atoms with Crippen LogP contribution in [0.25, 0.3) is 10.9 Å². The fourth-order valence-electron chi connectivity index (χ4n) is 3.79. The molecule has 1 amide bonds. The molecule has 1 fully saturated rings. The summed E-state index contributed by atoms with van der Waals surface area (Å²) in [5, 5.41) is 4.72. The van der Waals surface area contributed by atoms with Crippen LogP contribution >= 0.6 is 23.2 Å². The Hall–Kier alpha value is -2.54. The van der Waals surface area contributed by atoms with Gasteiger partial charge in [0.25, 0.3) is 5.91 Å². The number of aryl methyl sites for hydroxylation is 1. The van der Waals surface area contributed by atoms with Crippen molar-refractivity contribution >= 4 is 46.0 Å². The molecule has 8 heteroatoms. The lowest BCUT2D eigenvalue weighted by Crippen LogP contribution is -2.59. The molecule has 0 atom stereocenters. The van der Waals surface area contributed by atoms with Gasteiger partial charge in [-0.2, -0.15) is 0 Å². The van der Waals surface area contributed by atoms with Crippen molar-refractivity contribution in [3.8, 4) is 0 Å². The van der Waals surface area contributed by atoms with Crippen LogP contribution in [0, 0.1) is 0 Å². The monoisotopic (exact) mass is 460 g/mol. The highest BCUT2D eigenvalue weighted by molar-refractivity contribution is 6.45. The summed E-state index contributed by atoms with van der Waals surface area (Å²) in [6, 6.07) is 12.9. The summed E-state index contributed by atoms with van der Waals surface area (Å²) in [6.07, 6.45) is 0.212. The van der Waals surface area contributed by atoms with Gasteiger partial charge in [0.15, 0.2) is 0 Å². The lowest BCUT2D eigenvalue weighted by atomic mass is 9.87. The minimum atomic E-state index is -0.628. The molecule has 0 aliphatic carbocycles. The molecular formula is C23H22Cl2N2O4. The Bertz CT molecular complexity index is 1150. The zero-order chi connectivity index (χ0) is 22.2. The average Bonchev–Trinajstić information content (AvgIpc) is 3.06. The van der Waals surface area contributed by atoms with Crippen LogP contribution in [0.15, 0.2) is 42.5 Å². The number of carbonyl (C=O) groups excluding carboxylic acids is 2. The lowest BCUT2D eigenvalue weighted by Gasteiger charge is -2.42. The van der Waals surface area contributed by atoms with Gasteiger partial charge in [-0.3, -0.25) is 9.59 Å². The Balaban J connectivity index is 1.57. The maximum absolute atomic E-state index is 13.2. The van der Waals surface area contributed by atoms with E-state index in [0.29, 0.717) is 35.6 Å². The van der Waals surface area contributed by atoms with Gasteiger partial charge in [0.05, 0.1) is 36.3 Å². The molecule has 3 aromatic rings. The number of halogens is 2. The molecule has 0 radical (unpaired) electrons. The molecule has 1 aromatic heterocycles. The number of hydrogen-bond acceptors (Lipinski definition) is 4. The summed E-state index contributed by atoms with van der Waals surface area (Å²) < 4.78 is 12.2. The number of aromatic nitrogens is 1. The molecule has 2 heterocycles. The molecule has 6 nitrogen and oxygen atoms in total. The number of esters is 1. The summed E-state index contributed by atoms with van der Waals surface area (Å²) >= 11 is 12.4. The van der Waals surface area contributed by atoms with Crippen molar-refractivity contribution in [3.63, 3.8) is 0 Å². The second-order valence-electron chi connectivity index (χ2n) is 7.59. The van der Waals surface area contributed by atoms with Gasteiger partial charge in [-0.1, -0.05) is 47.5 Å². The molecule has 1 N–H and O–H groups in total. The molecule has 0 spiro atoms. The first-order valence-corrected chi connectivity index (χ1v) is 10.7. The van der Waals surface area contributed by atoms with Crippen molar-refractivity contribution in [2.45, 2.75) is 18.9 Å². The maximum Gasteiger partial charge on any atom is 0.310 e. The van der Waals surface area contributed by atoms with Crippen molar-refractivity contribution in [2.24, 2.45) is 7.05 Å². The third-order valence-corrected chi connectivity index (χ3v) is 6.37. The number of nitrogens with one attached hydrogen (secondary N) is 1. The van der Waals surface area contributed by atoms with E-state index in [2.05, 4.69) is 5.32 Å². The fourth-order valence-corrected chi connectivity index (χ4v) is 4.17. The first kappa shape index (κ1) is 21.7. The summed E-state index contributed by atoms with van der Waals surface area (Å²) in [6.45, 7) is 2.87. The van der Waals surface area contributed by atoms with E-state index in [-0.39, 0.29) is 18.3 Å². The van der Waals surface area contributed by atoms with Gasteiger partial charge >= 0.3 is 5.97 Å². The van der Waals surface area contributed by atoms with Gasteiger partial charge in [0.2, 0.25) is 0 Å². The highest BCUT2D eigenvalue weighted by atomic mass is 35.5. The van der Waals surface area contributed by atoms with Gasteiger partial charge in [-0.15, -0.1) is 0 Å². The molecule has 0 bridgehead atoms. The van der Waals surface area contributed by atoms with Crippen LogP contribution in [0.5, 0.6) is 0 Å². The van der Waals surface area contributed by atoms with E-state index < -0.39 is 5.54 Å². The molecule has 1 saturated heterocycles. The van der Waals surface area contributed by atoms with Crippen LogP contribution in [0.2, 0.25) is 10.0 Å². The number of hydrogen-bond donors (Lipinski definition) is 1. The summed E-state index contributed by atoms with van der Waals surface area (Å²) in [4.78, 5) is 24.9. The van der Waals surface area contributed by atoms with E-state index >= 15 is 0 Å². The lowest BCUT2D eigenvalue weighted by molar-refractivity contribution is -0.142. The predicted octanol–water partition coefficient (Wildman–Crippen LogP) is 4.25. The first-order chi connectivity index (χ1) is 14.8. The van der Waals surface area contributed by atoms with Gasteiger partial charge in [0.1, 0.15) is 11.2 Å². The summed E-state index contributed by atoms with van der Waals surface area (Å²) in [7, 11) is 1.82. The van der Waals surface area contributed by atoms with E-state index in [1.165, 1.54) is 0 Å². The molecule has 0 unspecified atom stereocenters. The van der Waals surface area contributed by atoms with Gasteiger partial charge in [-0.25, -0.2) is 0 Å². The molecule has 4 rings (SSSR count). The van der Waals surface area contributed by atoms with E-state index in [1.54, 1.807) is 23.6 Å². The van der Waals surface area contributed by atoms with E-state index in [1.807, 2.05) is 37.4 Å². The normalized spacial score (nSPS) is 14.8. The van der Waals surface area contributed by atoms with Gasteiger partial charge in [0, 0.05) is 18.0 Å². The van der Waals surface area contributed by atoms with Crippen molar-refractivity contribution in [3.05, 3.63) is 69.3 Å².